The van der Waals surface area contributed by atoms with Crippen LogP contribution in [0.4, 0.5) is 0 Å². The second kappa shape index (κ2) is 3.71. The van der Waals surface area contributed by atoms with Crippen LogP contribution in [0.1, 0.15) is 37.5 Å². The predicted molar refractivity (Wildman–Crippen MR) is 63.8 cm³/mol. The van der Waals surface area contributed by atoms with Gasteiger partial charge in [0.1, 0.15) is 11.4 Å². The van der Waals surface area contributed by atoms with E-state index in [0.717, 1.165) is 24.2 Å². The Morgan fingerprint density at radius 3 is 2.73 bits per heavy atom. The van der Waals surface area contributed by atoms with Gasteiger partial charge in [0.2, 0.25) is 0 Å². The van der Waals surface area contributed by atoms with Crippen LogP contribution in [0.5, 0.6) is 5.75 Å². The van der Waals surface area contributed by atoms with Crippen molar-refractivity contribution in [1.82, 2.24) is 0 Å². The molecule has 15 heavy (non-hydrogen) atoms. The van der Waals surface area contributed by atoms with E-state index in [1.54, 1.807) is 0 Å². The molecule has 0 amide bonds. The minimum Gasteiger partial charge on any atom is -0.487 e. The molecule has 0 aromatic heterocycles. The molecule has 1 aromatic carbocycles. The summed E-state index contributed by atoms with van der Waals surface area (Å²) in [6.07, 6.45) is 2.04. The number of fused-ring (bicyclic) bond motifs is 1. The van der Waals surface area contributed by atoms with Gasteiger partial charge in [0.25, 0.3) is 0 Å². The Kier molecular flexibility index (Phi) is 2.68. The van der Waals surface area contributed by atoms with Crippen molar-refractivity contribution < 1.29 is 4.74 Å². The first-order chi connectivity index (χ1) is 7.05. The highest BCUT2D eigenvalue weighted by molar-refractivity contribution is 6.17. The van der Waals surface area contributed by atoms with Crippen molar-refractivity contribution in [1.29, 1.82) is 0 Å². The topological polar surface area (TPSA) is 9.23 Å². The van der Waals surface area contributed by atoms with Crippen molar-refractivity contribution in [2.24, 2.45) is 0 Å². The van der Waals surface area contributed by atoms with Gasteiger partial charge in [-0.25, -0.2) is 0 Å². The lowest BCUT2D eigenvalue weighted by molar-refractivity contribution is 0.137. The number of aryl methyl sites for hydroxylation is 1. The van der Waals surface area contributed by atoms with E-state index < -0.39 is 0 Å². The third kappa shape index (κ3) is 1.98. The maximum atomic E-state index is 5.95. The van der Waals surface area contributed by atoms with E-state index in [1.807, 2.05) is 0 Å². The van der Waals surface area contributed by atoms with Crippen molar-refractivity contribution in [3.63, 3.8) is 0 Å². The second-order valence-electron chi connectivity index (χ2n) is 4.77. The summed E-state index contributed by atoms with van der Waals surface area (Å²) in [6, 6.07) is 4.41. The molecule has 0 fully saturated rings. The van der Waals surface area contributed by atoms with Gasteiger partial charge in [-0.1, -0.05) is 19.1 Å². The fourth-order valence-corrected chi connectivity index (χ4v) is 2.36. The summed E-state index contributed by atoms with van der Waals surface area (Å²) >= 11 is 5.95. The van der Waals surface area contributed by atoms with Crippen LogP contribution >= 0.6 is 11.6 Å². The molecule has 2 heteroatoms. The standard InChI is InChI=1S/C13H17ClO/c1-4-9-5-10-7-13(2,3)15-12(10)11(6-9)8-14/h5-6H,4,7-8H2,1-3H3. The molecule has 2 rings (SSSR count). The summed E-state index contributed by atoms with van der Waals surface area (Å²) in [5.74, 6) is 1.55. The highest BCUT2D eigenvalue weighted by Crippen LogP contribution is 2.39. The normalized spacial score (nSPS) is 17.3. The van der Waals surface area contributed by atoms with E-state index in [4.69, 9.17) is 16.3 Å². The maximum Gasteiger partial charge on any atom is 0.127 e. The summed E-state index contributed by atoms with van der Waals surface area (Å²) in [7, 11) is 0. The second-order valence-corrected chi connectivity index (χ2v) is 5.04. The van der Waals surface area contributed by atoms with E-state index in [2.05, 4.69) is 32.9 Å². The molecule has 1 heterocycles. The van der Waals surface area contributed by atoms with Crippen molar-refractivity contribution in [3.8, 4) is 5.75 Å². The number of ether oxygens (including phenoxy) is 1. The fraction of sp³-hybridized carbons (Fsp3) is 0.538. The molecular formula is C13H17ClO. The average molecular weight is 225 g/mol. The van der Waals surface area contributed by atoms with Crippen LogP contribution in [0, 0.1) is 0 Å². The van der Waals surface area contributed by atoms with Gasteiger partial charge in [0.05, 0.1) is 5.88 Å². The number of alkyl halides is 1. The Labute approximate surface area is 96.4 Å². The van der Waals surface area contributed by atoms with Crippen LogP contribution in [0.15, 0.2) is 12.1 Å². The summed E-state index contributed by atoms with van der Waals surface area (Å²) in [5, 5.41) is 0. The largest absolute Gasteiger partial charge is 0.487 e. The number of hydrogen-bond acceptors (Lipinski definition) is 1. The summed E-state index contributed by atoms with van der Waals surface area (Å²) in [4.78, 5) is 0. The average Bonchev–Trinajstić information content (AvgIpc) is 2.50. The van der Waals surface area contributed by atoms with Crippen molar-refractivity contribution >= 4 is 11.6 Å². The quantitative estimate of drug-likeness (QED) is 0.696. The highest BCUT2D eigenvalue weighted by Gasteiger charge is 2.31. The van der Waals surface area contributed by atoms with E-state index in [-0.39, 0.29) is 5.60 Å². The van der Waals surface area contributed by atoms with E-state index in [9.17, 15) is 0 Å². The fourth-order valence-electron chi connectivity index (χ4n) is 2.16. The number of hydrogen-bond donors (Lipinski definition) is 0. The van der Waals surface area contributed by atoms with Gasteiger partial charge in [-0.15, -0.1) is 11.6 Å². The summed E-state index contributed by atoms with van der Waals surface area (Å²) in [6.45, 7) is 6.41. The molecule has 1 aliphatic rings. The third-order valence-electron chi connectivity index (χ3n) is 2.85. The van der Waals surface area contributed by atoms with Gasteiger partial charge < -0.3 is 4.74 Å². The Hall–Kier alpha value is -0.690. The zero-order valence-electron chi connectivity index (χ0n) is 9.56. The molecule has 0 unspecified atom stereocenters. The minimum atomic E-state index is -0.0739. The first-order valence-corrected chi connectivity index (χ1v) is 5.99. The zero-order chi connectivity index (χ0) is 11.1. The first-order valence-electron chi connectivity index (χ1n) is 5.45. The summed E-state index contributed by atoms with van der Waals surface area (Å²) < 4.78 is 5.93. The van der Waals surface area contributed by atoms with Crippen LogP contribution in [0.2, 0.25) is 0 Å². The van der Waals surface area contributed by atoms with E-state index in [0.29, 0.717) is 5.88 Å². The van der Waals surface area contributed by atoms with E-state index >= 15 is 0 Å². The summed E-state index contributed by atoms with van der Waals surface area (Å²) in [5.41, 5.74) is 3.73. The maximum absolute atomic E-state index is 5.95. The van der Waals surface area contributed by atoms with Crippen molar-refractivity contribution in [3.05, 3.63) is 28.8 Å². The molecule has 1 aromatic rings. The van der Waals surface area contributed by atoms with Crippen molar-refractivity contribution in [2.75, 3.05) is 0 Å². The van der Waals surface area contributed by atoms with Crippen LogP contribution in [-0.2, 0) is 18.7 Å². The molecule has 0 bridgehead atoms. The minimum absolute atomic E-state index is 0.0739. The Morgan fingerprint density at radius 2 is 2.13 bits per heavy atom. The molecule has 0 saturated carbocycles. The Bertz CT molecular complexity index is 382. The van der Waals surface area contributed by atoms with Gasteiger partial charge in [-0.05, 0) is 31.4 Å². The third-order valence-corrected chi connectivity index (χ3v) is 3.14. The monoisotopic (exact) mass is 224 g/mol. The molecule has 0 radical (unpaired) electrons. The van der Waals surface area contributed by atoms with E-state index in [1.165, 1.54) is 11.1 Å². The molecule has 1 nitrogen and oxygen atoms in total. The molecule has 0 spiro atoms. The number of halogens is 1. The molecule has 0 saturated heterocycles. The lowest BCUT2D eigenvalue weighted by Crippen LogP contribution is -2.24. The highest BCUT2D eigenvalue weighted by atomic mass is 35.5. The van der Waals surface area contributed by atoms with Gasteiger partial charge in [0, 0.05) is 12.0 Å². The van der Waals surface area contributed by atoms with Gasteiger partial charge in [-0.3, -0.25) is 0 Å². The van der Waals surface area contributed by atoms with Gasteiger partial charge in [-0.2, -0.15) is 0 Å². The molecule has 0 aliphatic carbocycles. The van der Waals surface area contributed by atoms with Crippen LogP contribution in [-0.4, -0.2) is 5.60 Å². The Morgan fingerprint density at radius 1 is 1.40 bits per heavy atom. The number of benzene rings is 1. The molecular weight excluding hydrogens is 208 g/mol. The van der Waals surface area contributed by atoms with Gasteiger partial charge in [0.15, 0.2) is 0 Å². The lowest BCUT2D eigenvalue weighted by Gasteiger charge is -2.17. The molecule has 0 N–H and O–H groups in total. The SMILES string of the molecule is CCc1cc(CCl)c2c(c1)CC(C)(C)O2. The van der Waals surface area contributed by atoms with Crippen LogP contribution < -0.4 is 4.74 Å². The van der Waals surface area contributed by atoms with Crippen molar-refractivity contribution in [2.45, 2.75) is 45.1 Å². The first kappa shape index (κ1) is 10.8. The number of rotatable bonds is 2. The lowest BCUT2D eigenvalue weighted by atomic mass is 9.98. The van der Waals surface area contributed by atoms with Gasteiger partial charge >= 0.3 is 0 Å². The molecule has 0 atom stereocenters. The Balaban J connectivity index is 2.48. The molecule has 1 aliphatic heterocycles. The zero-order valence-corrected chi connectivity index (χ0v) is 10.3. The predicted octanol–water partition coefficient (Wildman–Crippen LogP) is 3.70. The van der Waals surface area contributed by atoms with Crippen LogP contribution in [0.25, 0.3) is 0 Å². The smallest absolute Gasteiger partial charge is 0.127 e. The van der Waals surface area contributed by atoms with Crippen LogP contribution in [0.3, 0.4) is 0 Å². The molecule has 82 valence electrons.